The third kappa shape index (κ3) is 5.38. The predicted octanol–water partition coefficient (Wildman–Crippen LogP) is 1.46. The van der Waals surface area contributed by atoms with Crippen LogP contribution >= 0.6 is 0 Å². The van der Waals surface area contributed by atoms with E-state index in [-0.39, 0.29) is 6.54 Å². The molecule has 0 aromatic heterocycles. The van der Waals surface area contributed by atoms with Crippen LogP contribution in [0.4, 0.5) is 4.79 Å². The van der Waals surface area contributed by atoms with E-state index in [0.717, 1.165) is 0 Å². The maximum atomic E-state index is 11.1. The van der Waals surface area contributed by atoms with Crippen LogP contribution in [0.1, 0.15) is 32.1 Å². The van der Waals surface area contributed by atoms with E-state index in [4.69, 9.17) is 5.11 Å². The molecule has 0 heterocycles. The van der Waals surface area contributed by atoms with Gasteiger partial charge < -0.3 is 15.7 Å². The zero-order chi connectivity index (χ0) is 11.8. The van der Waals surface area contributed by atoms with E-state index >= 15 is 0 Å². The van der Waals surface area contributed by atoms with E-state index in [1.807, 2.05) is 6.08 Å². The lowest BCUT2D eigenvalue weighted by molar-refractivity contribution is -0.135. The molecule has 0 radical (unpaired) electrons. The van der Waals surface area contributed by atoms with Crippen LogP contribution in [0.15, 0.2) is 12.3 Å². The van der Waals surface area contributed by atoms with Gasteiger partial charge in [-0.15, -0.1) is 0 Å². The largest absolute Gasteiger partial charge is 0.480 e. The summed E-state index contributed by atoms with van der Waals surface area (Å²) in [6, 6.07) is -0.477. The monoisotopic (exact) mass is 226 g/mol. The first kappa shape index (κ1) is 12.5. The molecule has 0 unspecified atom stereocenters. The highest BCUT2D eigenvalue weighted by atomic mass is 16.4. The number of aliphatic carboxylic acids is 1. The highest BCUT2D eigenvalue weighted by Crippen LogP contribution is 2.24. The molecule has 1 aliphatic rings. The average Bonchev–Trinajstić information content (AvgIpc) is 2.28. The Morgan fingerprint density at radius 1 is 1.25 bits per heavy atom. The Morgan fingerprint density at radius 2 is 1.94 bits per heavy atom. The molecule has 0 atom stereocenters. The van der Waals surface area contributed by atoms with Crippen molar-refractivity contribution in [1.29, 1.82) is 0 Å². The van der Waals surface area contributed by atoms with Gasteiger partial charge in [-0.2, -0.15) is 0 Å². The van der Waals surface area contributed by atoms with Crippen molar-refractivity contribution in [2.24, 2.45) is 5.92 Å². The molecule has 0 bridgehead atoms. The zero-order valence-corrected chi connectivity index (χ0v) is 9.24. The average molecular weight is 226 g/mol. The van der Waals surface area contributed by atoms with Crippen molar-refractivity contribution in [2.75, 3.05) is 6.54 Å². The van der Waals surface area contributed by atoms with Crippen molar-refractivity contribution in [3.05, 3.63) is 12.3 Å². The van der Waals surface area contributed by atoms with Crippen LogP contribution < -0.4 is 10.6 Å². The maximum absolute atomic E-state index is 11.1. The van der Waals surface area contributed by atoms with Gasteiger partial charge in [-0.25, -0.2) is 4.79 Å². The molecule has 0 aromatic carbocycles. The van der Waals surface area contributed by atoms with E-state index in [1.165, 1.54) is 32.1 Å². The van der Waals surface area contributed by atoms with Gasteiger partial charge >= 0.3 is 12.0 Å². The lowest BCUT2D eigenvalue weighted by Gasteiger charge is -2.17. The third-order valence-electron chi connectivity index (χ3n) is 2.63. The zero-order valence-electron chi connectivity index (χ0n) is 9.24. The Bertz CT molecular complexity index is 270. The Kier molecular flexibility index (Phi) is 5.39. The molecule has 0 saturated heterocycles. The van der Waals surface area contributed by atoms with Crippen LogP contribution in [-0.4, -0.2) is 23.7 Å². The second-order valence-electron chi connectivity index (χ2n) is 3.98. The summed E-state index contributed by atoms with van der Waals surface area (Å²) in [5, 5.41) is 13.0. The van der Waals surface area contributed by atoms with Crippen LogP contribution in [0.2, 0.25) is 0 Å². The molecule has 5 nitrogen and oxygen atoms in total. The topological polar surface area (TPSA) is 78.4 Å². The summed E-state index contributed by atoms with van der Waals surface area (Å²) in [6.45, 7) is -0.358. The number of carboxylic acids is 1. The number of urea groups is 1. The third-order valence-corrected chi connectivity index (χ3v) is 2.63. The molecule has 16 heavy (non-hydrogen) atoms. The van der Waals surface area contributed by atoms with Crippen molar-refractivity contribution in [2.45, 2.75) is 32.1 Å². The smallest absolute Gasteiger partial charge is 0.323 e. The van der Waals surface area contributed by atoms with Gasteiger partial charge in [0.25, 0.3) is 0 Å². The SMILES string of the molecule is O=C(O)CNC(=O)N/C=C/C1CCCCC1. The number of nitrogens with one attached hydrogen (secondary N) is 2. The van der Waals surface area contributed by atoms with Gasteiger partial charge in [-0.1, -0.05) is 25.3 Å². The summed E-state index contributed by atoms with van der Waals surface area (Å²) in [4.78, 5) is 21.2. The summed E-state index contributed by atoms with van der Waals surface area (Å²) in [7, 11) is 0. The number of hydrogen-bond acceptors (Lipinski definition) is 2. The van der Waals surface area contributed by atoms with Crippen molar-refractivity contribution in [1.82, 2.24) is 10.6 Å². The van der Waals surface area contributed by atoms with Crippen LogP contribution in [0.25, 0.3) is 0 Å². The summed E-state index contributed by atoms with van der Waals surface area (Å²) in [6.07, 6.45) is 9.74. The highest BCUT2D eigenvalue weighted by Gasteiger charge is 2.09. The Balaban J connectivity index is 2.14. The van der Waals surface area contributed by atoms with Gasteiger partial charge in [0.2, 0.25) is 0 Å². The van der Waals surface area contributed by atoms with E-state index in [9.17, 15) is 9.59 Å². The minimum atomic E-state index is -1.05. The van der Waals surface area contributed by atoms with Crippen LogP contribution in [0.5, 0.6) is 0 Å². The Labute approximate surface area is 94.9 Å². The number of carbonyl (C=O) groups excluding carboxylic acids is 1. The maximum Gasteiger partial charge on any atom is 0.323 e. The van der Waals surface area contributed by atoms with E-state index < -0.39 is 12.0 Å². The molecule has 0 aliphatic heterocycles. The summed E-state index contributed by atoms with van der Waals surface area (Å²) < 4.78 is 0. The quantitative estimate of drug-likeness (QED) is 0.679. The van der Waals surface area contributed by atoms with E-state index in [2.05, 4.69) is 10.6 Å². The Morgan fingerprint density at radius 3 is 2.56 bits per heavy atom. The molecule has 2 amide bonds. The molecule has 1 rings (SSSR count). The summed E-state index contributed by atoms with van der Waals surface area (Å²) in [5.41, 5.74) is 0. The number of allylic oxidation sites excluding steroid dienone is 1. The summed E-state index contributed by atoms with van der Waals surface area (Å²) in [5.74, 6) is -0.500. The van der Waals surface area contributed by atoms with Crippen LogP contribution in [0, 0.1) is 5.92 Å². The van der Waals surface area contributed by atoms with Gasteiger partial charge in [0.05, 0.1) is 0 Å². The molecule has 0 aromatic rings. The molecule has 3 N–H and O–H groups in total. The van der Waals surface area contributed by atoms with Gasteiger partial charge in [0.1, 0.15) is 6.54 Å². The van der Waals surface area contributed by atoms with Gasteiger partial charge in [-0.05, 0) is 18.8 Å². The first-order chi connectivity index (χ1) is 7.68. The molecule has 5 heteroatoms. The number of hydrogen-bond donors (Lipinski definition) is 3. The molecular weight excluding hydrogens is 208 g/mol. The molecular formula is C11H18N2O3. The van der Waals surface area contributed by atoms with Gasteiger partial charge in [0.15, 0.2) is 0 Å². The number of carbonyl (C=O) groups is 2. The fourth-order valence-electron chi connectivity index (χ4n) is 1.79. The fraction of sp³-hybridized carbons (Fsp3) is 0.636. The standard InChI is InChI=1S/C11H18N2O3/c14-10(15)8-13-11(16)12-7-6-9-4-2-1-3-5-9/h6-7,9H,1-5,8H2,(H,14,15)(H2,12,13,16)/b7-6+. The molecule has 90 valence electrons. The number of rotatable bonds is 4. The van der Waals surface area contributed by atoms with Gasteiger partial charge in [0, 0.05) is 6.20 Å². The highest BCUT2D eigenvalue weighted by molar-refractivity contribution is 5.80. The normalized spacial score (nSPS) is 17.2. The van der Waals surface area contributed by atoms with Crippen molar-refractivity contribution in [3.8, 4) is 0 Å². The lowest BCUT2D eigenvalue weighted by Crippen LogP contribution is -2.35. The molecule has 1 aliphatic carbocycles. The minimum Gasteiger partial charge on any atom is -0.480 e. The number of carboxylic acid groups (broad SMARTS) is 1. The van der Waals surface area contributed by atoms with Crippen molar-refractivity contribution >= 4 is 12.0 Å². The molecule has 1 fully saturated rings. The first-order valence-electron chi connectivity index (χ1n) is 5.61. The molecule has 0 spiro atoms. The van der Waals surface area contributed by atoms with E-state index in [1.54, 1.807) is 6.20 Å². The van der Waals surface area contributed by atoms with E-state index in [0.29, 0.717) is 5.92 Å². The van der Waals surface area contributed by atoms with Crippen molar-refractivity contribution in [3.63, 3.8) is 0 Å². The Hall–Kier alpha value is -1.52. The van der Waals surface area contributed by atoms with Crippen LogP contribution in [-0.2, 0) is 4.79 Å². The van der Waals surface area contributed by atoms with Gasteiger partial charge in [-0.3, -0.25) is 4.79 Å². The van der Waals surface area contributed by atoms with Crippen molar-refractivity contribution < 1.29 is 14.7 Å². The summed E-state index contributed by atoms with van der Waals surface area (Å²) >= 11 is 0. The van der Waals surface area contributed by atoms with Crippen LogP contribution in [0.3, 0.4) is 0 Å². The lowest BCUT2D eigenvalue weighted by atomic mass is 9.89. The predicted molar refractivity (Wildman–Crippen MR) is 59.9 cm³/mol. The molecule has 1 saturated carbocycles. The second kappa shape index (κ2) is 6.87. The fourth-order valence-corrected chi connectivity index (χ4v) is 1.79. The second-order valence-corrected chi connectivity index (χ2v) is 3.98. The minimum absolute atomic E-state index is 0.358. The number of amides is 2. The first-order valence-corrected chi connectivity index (χ1v) is 5.61.